The van der Waals surface area contributed by atoms with Crippen LogP contribution in [0.4, 0.5) is 5.69 Å². The molecule has 2 aromatic heterocycles. The van der Waals surface area contributed by atoms with Crippen molar-refractivity contribution in [2.24, 2.45) is 0 Å². The van der Waals surface area contributed by atoms with Crippen molar-refractivity contribution >= 4 is 23.3 Å². The molecule has 7 heteroatoms. The molecular weight excluding hydrogens is 262 g/mol. The second-order valence-electron chi connectivity index (χ2n) is 4.53. The van der Waals surface area contributed by atoms with Crippen LogP contribution in [0, 0.1) is 6.92 Å². The summed E-state index contributed by atoms with van der Waals surface area (Å²) in [6, 6.07) is 3.50. The van der Waals surface area contributed by atoms with Gasteiger partial charge in [0.15, 0.2) is 5.69 Å². The molecule has 106 valence electrons. The van der Waals surface area contributed by atoms with Crippen molar-refractivity contribution in [1.82, 2.24) is 9.38 Å². The summed E-state index contributed by atoms with van der Waals surface area (Å²) in [4.78, 5) is 27.8. The molecule has 0 aliphatic heterocycles. The predicted molar refractivity (Wildman–Crippen MR) is 72.4 cm³/mol. The number of carboxylic acids is 2. The maximum atomic E-state index is 11.2. The molecule has 0 amide bonds. The first-order valence-corrected chi connectivity index (χ1v) is 6.05. The van der Waals surface area contributed by atoms with Crippen LogP contribution in [0.3, 0.4) is 0 Å². The van der Waals surface area contributed by atoms with Gasteiger partial charge in [0.1, 0.15) is 5.65 Å². The van der Waals surface area contributed by atoms with Crippen LogP contribution in [0.1, 0.15) is 22.6 Å². The van der Waals surface area contributed by atoms with Gasteiger partial charge in [-0.05, 0) is 19.1 Å². The topological polar surface area (TPSA) is 95.1 Å². The Labute approximate surface area is 115 Å². The number of rotatable bonds is 5. The second-order valence-corrected chi connectivity index (χ2v) is 4.53. The van der Waals surface area contributed by atoms with Crippen LogP contribution >= 0.6 is 0 Å². The van der Waals surface area contributed by atoms with Crippen molar-refractivity contribution in [2.75, 3.05) is 18.5 Å². The largest absolute Gasteiger partial charge is 0.481 e. The van der Waals surface area contributed by atoms with E-state index in [1.165, 1.54) is 4.40 Å². The van der Waals surface area contributed by atoms with Crippen molar-refractivity contribution in [3.05, 3.63) is 29.7 Å². The van der Waals surface area contributed by atoms with Gasteiger partial charge in [0.2, 0.25) is 0 Å². The van der Waals surface area contributed by atoms with E-state index >= 15 is 0 Å². The molecule has 0 aromatic carbocycles. The number of imidazole rings is 1. The van der Waals surface area contributed by atoms with E-state index in [4.69, 9.17) is 5.11 Å². The van der Waals surface area contributed by atoms with E-state index in [0.29, 0.717) is 17.9 Å². The summed E-state index contributed by atoms with van der Waals surface area (Å²) in [6.07, 6.45) is 1.67. The number of pyridine rings is 1. The summed E-state index contributed by atoms with van der Waals surface area (Å²) in [5.41, 5.74) is 1.85. The second kappa shape index (κ2) is 5.20. The lowest BCUT2D eigenvalue weighted by Gasteiger charge is -2.18. The maximum Gasteiger partial charge on any atom is 0.354 e. The molecule has 2 rings (SSSR count). The Morgan fingerprint density at radius 3 is 2.65 bits per heavy atom. The number of hydrogen-bond acceptors (Lipinski definition) is 4. The number of fused-ring (bicyclic) bond motifs is 1. The van der Waals surface area contributed by atoms with Gasteiger partial charge in [0.05, 0.1) is 17.8 Å². The van der Waals surface area contributed by atoms with Crippen LogP contribution in [0.25, 0.3) is 5.65 Å². The fourth-order valence-electron chi connectivity index (χ4n) is 2.03. The zero-order valence-electron chi connectivity index (χ0n) is 11.2. The predicted octanol–water partition coefficient (Wildman–Crippen LogP) is 1.25. The van der Waals surface area contributed by atoms with Gasteiger partial charge in [-0.3, -0.25) is 9.20 Å². The Kier molecular flexibility index (Phi) is 3.60. The molecule has 0 fully saturated rings. The fraction of sp³-hybridized carbons (Fsp3) is 0.308. The van der Waals surface area contributed by atoms with Gasteiger partial charge in [0.25, 0.3) is 0 Å². The van der Waals surface area contributed by atoms with E-state index in [0.717, 1.165) is 5.69 Å². The van der Waals surface area contributed by atoms with E-state index in [2.05, 4.69) is 4.98 Å². The van der Waals surface area contributed by atoms with Crippen LogP contribution in [0.2, 0.25) is 0 Å². The molecule has 0 bridgehead atoms. The van der Waals surface area contributed by atoms with Crippen LogP contribution in [-0.4, -0.2) is 45.1 Å². The van der Waals surface area contributed by atoms with Gasteiger partial charge in [0, 0.05) is 19.8 Å². The summed E-state index contributed by atoms with van der Waals surface area (Å²) in [5.74, 6) is -1.91. The number of nitrogens with zero attached hydrogens (tertiary/aromatic N) is 3. The Balaban J connectivity index is 2.39. The Morgan fingerprint density at radius 2 is 2.05 bits per heavy atom. The average molecular weight is 277 g/mol. The minimum atomic E-state index is -1.04. The SMILES string of the molecule is Cc1nc2ccc(N(C)CCC(=O)O)cn2c1C(=O)O. The molecule has 2 heterocycles. The number of aliphatic carboxylic acids is 1. The quantitative estimate of drug-likeness (QED) is 0.854. The number of carbonyl (C=O) groups is 2. The van der Waals surface area contributed by atoms with Gasteiger partial charge in [-0.15, -0.1) is 0 Å². The molecule has 2 aromatic rings. The number of aromatic nitrogens is 2. The zero-order chi connectivity index (χ0) is 14.9. The lowest BCUT2D eigenvalue weighted by Crippen LogP contribution is -2.21. The monoisotopic (exact) mass is 277 g/mol. The van der Waals surface area contributed by atoms with Gasteiger partial charge in [-0.1, -0.05) is 0 Å². The van der Waals surface area contributed by atoms with E-state index < -0.39 is 11.9 Å². The molecule has 0 saturated heterocycles. The molecular formula is C13H15N3O4. The first kappa shape index (κ1) is 13.9. The highest BCUT2D eigenvalue weighted by Gasteiger charge is 2.16. The van der Waals surface area contributed by atoms with E-state index in [1.54, 1.807) is 37.2 Å². The highest BCUT2D eigenvalue weighted by molar-refractivity contribution is 5.88. The van der Waals surface area contributed by atoms with Crippen LogP contribution < -0.4 is 4.90 Å². The number of anilines is 1. The van der Waals surface area contributed by atoms with Crippen molar-refractivity contribution < 1.29 is 19.8 Å². The molecule has 0 spiro atoms. The molecule has 2 N–H and O–H groups in total. The lowest BCUT2D eigenvalue weighted by molar-refractivity contribution is -0.136. The van der Waals surface area contributed by atoms with Crippen LogP contribution in [0.15, 0.2) is 18.3 Å². The lowest BCUT2D eigenvalue weighted by atomic mass is 10.3. The minimum absolute atomic E-state index is 0.0171. The van der Waals surface area contributed by atoms with Gasteiger partial charge in [-0.25, -0.2) is 9.78 Å². The zero-order valence-corrected chi connectivity index (χ0v) is 11.2. The molecule has 0 aliphatic carbocycles. The van der Waals surface area contributed by atoms with Crippen LogP contribution in [0.5, 0.6) is 0 Å². The van der Waals surface area contributed by atoms with Gasteiger partial charge in [-0.2, -0.15) is 0 Å². The summed E-state index contributed by atoms with van der Waals surface area (Å²) < 4.78 is 1.50. The molecule has 20 heavy (non-hydrogen) atoms. The fourth-order valence-corrected chi connectivity index (χ4v) is 2.03. The van der Waals surface area contributed by atoms with E-state index in [-0.39, 0.29) is 12.1 Å². The number of carboxylic acid groups (broad SMARTS) is 2. The van der Waals surface area contributed by atoms with Gasteiger partial charge < -0.3 is 15.1 Å². The summed E-state index contributed by atoms with van der Waals surface area (Å²) in [5, 5.41) is 17.9. The third-order valence-corrected chi connectivity index (χ3v) is 3.08. The first-order valence-electron chi connectivity index (χ1n) is 6.05. The van der Waals surface area contributed by atoms with Crippen LogP contribution in [-0.2, 0) is 4.79 Å². The smallest absolute Gasteiger partial charge is 0.354 e. The molecule has 0 aliphatic rings. The normalized spacial score (nSPS) is 10.7. The number of aromatic carboxylic acids is 1. The summed E-state index contributed by atoms with van der Waals surface area (Å²) >= 11 is 0. The number of hydrogen-bond donors (Lipinski definition) is 2. The standard InChI is InChI=1S/C13H15N3O4/c1-8-12(13(19)20)16-7-9(3-4-10(16)14-8)15(2)6-5-11(17)18/h3-4,7H,5-6H2,1-2H3,(H,17,18)(H,19,20). The summed E-state index contributed by atoms with van der Waals surface area (Å²) in [6.45, 7) is 1.99. The van der Waals surface area contributed by atoms with Crippen molar-refractivity contribution in [3.8, 4) is 0 Å². The third kappa shape index (κ3) is 2.56. The molecule has 0 atom stereocenters. The molecule has 0 radical (unpaired) electrons. The van der Waals surface area contributed by atoms with Crippen molar-refractivity contribution in [1.29, 1.82) is 0 Å². The van der Waals surface area contributed by atoms with Crippen molar-refractivity contribution in [3.63, 3.8) is 0 Å². The Hall–Kier alpha value is -2.57. The van der Waals surface area contributed by atoms with E-state index in [1.807, 2.05) is 0 Å². The Morgan fingerprint density at radius 1 is 1.35 bits per heavy atom. The highest BCUT2D eigenvalue weighted by atomic mass is 16.4. The van der Waals surface area contributed by atoms with E-state index in [9.17, 15) is 14.7 Å². The molecule has 0 saturated carbocycles. The third-order valence-electron chi connectivity index (χ3n) is 3.08. The number of aryl methyl sites for hydroxylation is 1. The first-order chi connectivity index (χ1) is 9.40. The molecule has 0 unspecified atom stereocenters. The Bertz CT molecular complexity index is 678. The maximum absolute atomic E-state index is 11.2. The summed E-state index contributed by atoms with van der Waals surface area (Å²) in [7, 11) is 1.76. The highest BCUT2D eigenvalue weighted by Crippen LogP contribution is 2.18. The minimum Gasteiger partial charge on any atom is -0.481 e. The molecule has 7 nitrogen and oxygen atoms in total. The van der Waals surface area contributed by atoms with Crippen molar-refractivity contribution in [2.45, 2.75) is 13.3 Å². The van der Waals surface area contributed by atoms with Gasteiger partial charge >= 0.3 is 11.9 Å². The average Bonchev–Trinajstić information content (AvgIpc) is 2.70.